The molecule has 0 fully saturated rings. The molecule has 0 aliphatic heterocycles. The van der Waals surface area contributed by atoms with Gasteiger partial charge in [-0.25, -0.2) is 0 Å². The highest BCUT2D eigenvalue weighted by Crippen LogP contribution is 2.28. The number of rotatable bonds is 4. The van der Waals surface area contributed by atoms with Crippen molar-refractivity contribution in [3.8, 4) is 11.5 Å². The van der Waals surface area contributed by atoms with E-state index in [2.05, 4.69) is 31.9 Å². The first-order valence-electron chi connectivity index (χ1n) is 5.61. The summed E-state index contributed by atoms with van der Waals surface area (Å²) in [4.78, 5) is 0. The third-order valence-corrected chi connectivity index (χ3v) is 3.75. The van der Waals surface area contributed by atoms with Crippen molar-refractivity contribution in [2.24, 2.45) is 5.73 Å². The summed E-state index contributed by atoms with van der Waals surface area (Å²) in [6, 6.07) is 13.7. The summed E-state index contributed by atoms with van der Waals surface area (Å²) >= 11 is 6.92. The molecule has 0 amide bonds. The smallest absolute Gasteiger partial charge is 0.128 e. The van der Waals surface area contributed by atoms with Crippen molar-refractivity contribution < 1.29 is 4.74 Å². The van der Waals surface area contributed by atoms with Crippen LogP contribution < -0.4 is 10.5 Å². The first kappa shape index (κ1) is 13.6. The minimum absolute atomic E-state index is 0.644. The summed E-state index contributed by atoms with van der Waals surface area (Å²) in [5, 5.41) is 0. The molecule has 0 saturated carbocycles. The molecule has 2 rings (SSSR count). The average molecular weight is 371 g/mol. The second kappa shape index (κ2) is 6.36. The topological polar surface area (TPSA) is 35.2 Å². The minimum Gasteiger partial charge on any atom is -0.457 e. The Kier molecular flexibility index (Phi) is 4.80. The Morgan fingerprint density at radius 2 is 1.61 bits per heavy atom. The van der Waals surface area contributed by atoms with Crippen LogP contribution in [0.1, 0.15) is 5.56 Å². The van der Waals surface area contributed by atoms with E-state index in [1.165, 1.54) is 5.56 Å². The van der Waals surface area contributed by atoms with Gasteiger partial charge in [-0.1, -0.05) is 37.9 Å². The second-order valence-corrected chi connectivity index (χ2v) is 5.62. The van der Waals surface area contributed by atoms with Crippen molar-refractivity contribution in [1.29, 1.82) is 0 Å². The van der Waals surface area contributed by atoms with Gasteiger partial charge in [0.2, 0.25) is 0 Å². The maximum absolute atomic E-state index is 5.77. The van der Waals surface area contributed by atoms with Gasteiger partial charge >= 0.3 is 0 Å². The average Bonchev–Trinajstić information content (AvgIpc) is 2.36. The highest BCUT2D eigenvalue weighted by Gasteiger charge is 2.03. The molecule has 0 heterocycles. The molecule has 0 aliphatic carbocycles. The summed E-state index contributed by atoms with van der Waals surface area (Å²) in [5.74, 6) is 1.63. The molecule has 0 aliphatic rings. The van der Waals surface area contributed by atoms with Crippen LogP contribution in [0.5, 0.6) is 11.5 Å². The summed E-state index contributed by atoms with van der Waals surface area (Å²) < 4.78 is 7.83. The van der Waals surface area contributed by atoms with E-state index in [1.54, 1.807) is 0 Å². The SMILES string of the molecule is NCCc1ccc(Oc2ccc(Br)cc2)cc1Br. The van der Waals surface area contributed by atoms with E-state index in [-0.39, 0.29) is 0 Å². The quantitative estimate of drug-likeness (QED) is 0.859. The summed E-state index contributed by atoms with van der Waals surface area (Å²) in [6.07, 6.45) is 0.860. The fourth-order valence-electron chi connectivity index (χ4n) is 1.59. The molecule has 0 bridgehead atoms. The maximum Gasteiger partial charge on any atom is 0.128 e. The highest BCUT2D eigenvalue weighted by atomic mass is 79.9. The van der Waals surface area contributed by atoms with Crippen LogP contribution in [0.4, 0.5) is 0 Å². The number of hydrogen-bond donors (Lipinski definition) is 1. The lowest BCUT2D eigenvalue weighted by Crippen LogP contribution is -2.03. The Labute approximate surface area is 123 Å². The number of halogens is 2. The van der Waals surface area contributed by atoms with Crippen molar-refractivity contribution in [3.63, 3.8) is 0 Å². The summed E-state index contributed by atoms with van der Waals surface area (Å²) in [6.45, 7) is 0.644. The van der Waals surface area contributed by atoms with Gasteiger partial charge in [-0.2, -0.15) is 0 Å². The van der Waals surface area contributed by atoms with Gasteiger partial charge in [-0.15, -0.1) is 0 Å². The molecule has 2 aromatic rings. The van der Waals surface area contributed by atoms with E-state index in [0.29, 0.717) is 6.54 Å². The molecule has 2 nitrogen and oxygen atoms in total. The van der Waals surface area contributed by atoms with Crippen LogP contribution in [0.2, 0.25) is 0 Å². The van der Waals surface area contributed by atoms with E-state index in [4.69, 9.17) is 10.5 Å². The molecule has 0 atom stereocenters. The van der Waals surface area contributed by atoms with Crippen LogP contribution in [-0.2, 0) is 6.42 Å². The maximum atomic E-state index is 5.77. The first-order chi connectivity index (χ1) is 8.69. The number of hydrogen-bond acceptors (Lipinski definition) is 2. The van der Waals surface area contributed by atoms with Gasteiger partial charge in [0.25, 0.3) is 0 Å². The molecule has 0 aromatic heterocycles. The van der Waals surface area contributed by atoms with Crippen LogP contribution >= 0.6 is 31.9 Å². The third kappa shape index (κ3) is 3.57. The van der Waals surface area contributed by atoms with E-state index in [0.717, 1.165) is 26.9 Å². The van der Waals surface area contributed by atoms with E-state index >= 15 is 0 Å². The first-order valence-corrected chi connectivity index (χ1v) is 7.19. The lowest BCUT2D eigenvalue weighted by atomic mass is 10.1. The molecule has 0 saturated heterocycles. The van der Waals surface area contributed by atoms with Crippen molar-refractivity contribution in [1.82, 2.24) is 0 Å². The standard InChI is InChI=1S/C14H13Br2NO/c15-11-2-5-12(6-3-11)18-13-4-1-10(7-8-17)14(16)9-13/h1-6,9H,7-8,17H2. The molecular weight excluding hydrogens is 358 g/mol. The fraction of sp³-hybridized carbons (Fsp3) is 0.143. The molecule has 18 heavy (non-hydrogen) atoms. The molecule has 0 spiro atoms. The van der Waals surface area contributed by atoms with Gasteiger partial charge in [0, 0.05) is 8.95 Å². The predicted molar refractivity (Wildman–Crippen MR) is 81.1 cm³/mol. The Bertz CT molecular complexity index is 526. The zero-order valence-corrected chi connectivity index (χ0v) is 12.9. The van der Waals surface area contributed by atoms with Crippen molar-refractivity contribution in [3.05, 3.63) is 57.0 Å². The van der Waals surface area contributed by atoms with E-state index in [1.807, 2.05) is 42.5 Å². The lowest BCUT2D eigenvalue weighted by Gasteiger charge is -2.08. The van der Waals surface area contributed by atoms with Crippen molar-refractivity contribution in [2.75, 3.05) is 6.54 Å². The van der Waals surface area contributed by atoms with Crippen LogP contribution in [0.15, 0.2) is 51.4 Å². The molecule has 4 heteroatoms. The van der Waals surface area contributed by atoms with Gasteiger partial charge in [-0.3, -0.25) is 0 Å². The van der Waals surface area contributed by atoms with Gasteiger partial charge in [0.15, 0.2) is 0 Å². The fourth-order valence-corrected chi connectivity index (χ4v) is 2.41. The summed E-state index contributed by atoms with van der Waals surface area (Å²) in [7, 11) is 0. The summed E-state index contributed by atoms with van der Waals surface area (Å²) in [5.41, 5.74) is 6.74. The molecule has 0 radical (unpaired) electrons. The number of benzene rings is 2. The molecule has 2 N–H and O–H groups in total. The van der Waals surface area contributed by atoms with Crippen LogP contribution in [0.3, 0.4) is 0 Å². The molecule has 0 unspecified atom stereocenters. The van der Waals surface area contributed by atoms with Gasteiger partial charge in [0.1, 0.15) is 11.5 Å². The lowest BCUT2D eigenvalue weighted by molar-refractivity contribution is 0.482. The Hall–Kier alpha value is -0.840. The van der Waals surface area contributed by atoms with E-state index in [9.17, 15) is 0 Å². The van der Waals surface area contributed by atoms with E-state index < -0.39 is 0 Å². The van der Waals surface area contributed by atoms with Crippen molar-refractivity contribution >= 4 is 31.9 Å². The molecule has 94 valence electrons. The third-order valence-electron chi connectivity index (χ3n) is 2.49. The zero-order valence-electron chi connectivity index (χ0n) is 9.70. The van der Waals surface area contributed by atoms with Crippen LogP contribution in [0.25, 0.3) is 0 Å². The number of nitrogens with two attached hydrogens (primary N) is 1. The van der Waals surface area contributed by atoms with Crippen LogP contribution in [-0.4, -0.2) is 6.54 Å². The largest absolute Gasteiger partial charge is 0.457 e. The van der Waals surface area contributed by atoms with Gasteiger partial charge in [-0.05, 0) is 54.9 Å². The monoisotopic (exact) mass is 369 g/mol. The van der Waals surface area contributed by atoms with Gasteiger partial charge < -0.3 is 10.5 Å². The molecule has 2 aromatic carbocycles. The normalized spacial score (nSPS) is 10.4. The predicted octanol–water partition coefficient (Wildman–Crippen LogP) is 4.51. The Balaban J connectivity index is 2.14. The minimum atomic E-state index is 0.644. The number of ether oxygens (including phenoxy) is 1. The van der Waals surface area contributed by atoms with Crippen LogP contribution in [0, 0.1) is 0 Å². The Morgan fingerprint density at radius 3 is 2.22 bits per heavy atom. The molecular formula is C14H13Br2NO. The van der Waals surface area contributed by atoms with Crippen molar-refractivity contribution in [2.45, 2.75) is 6.42 Å². The Morgan fingerprint density at radius 1 is 0.944 bits per heavy atom. The zero-order chi connectivity index (χ0) is 13.0. The highest BCUT2D eigenvalue weighted by molar-refractivity contribution is 9.10. The van der Waals surface area contributed by atoms with Gasteiger partial charge in [0.05, 0.1) is 0 Å². The second-order valence-electron chi connectivity index (χ2n) is 3.85.